The van der Waals surface area contributed by atoms with Crippen LogP contribution in [0, 0.1) is 0 Å². The molecule has 1 aromatic rings. The summed E-state index contributed by atoms with van der Waals surface area (Å²) in [7, 11) is 0. The van der Waals surface area contributed by atoms with Crippen LogP contribution >= 0.6 is 0 Å². The summed E-state index contributed by atoms with van der Waals surface area (Å²) in [5.41, 5.74) is 1.13. The Bertz CT molecular complexity index is 575. The largest absolute Gasteiger partial charge is 0.508 e. The highest BCUT2D eigenvalue weighted by atomic mass is 16.3. The zero-order valence-electron chi connectivity index (χ0n) is 18.4. The Morgan fingerprint density at radius 2 is 1.48 bits per heavy atom. The van der Waals surface area contributed by atoms with Gasteiger partial charge in [-0.1, -0.05) is 75.5 Å². The minimum atomic E-state index is 0.148. The maximum Gasteiger partial charge on any atom is 0.220 e. The third-order valence-corrected chi connectivity index (χ3v) is 5.03. The predicted octanol–water partition coefficient (Wildman–Crippen LogP) is 6.86. The third kappa shape index (κ3) is 15.6. The van der Waals surface area contributed by atoms with Crippen LogP contribution in [0.2, 0.25) is 0 Å². The molecule has 1 aromatic carbocycles. The smallest absolute Gasteiger partial charge is 0.220 e. The molecule has 162 valence electrons. The van der Waals surface area contributed by atoms with Crippen molar-refractivity contribution in [1.29, 1.82) is 0 Å². The average Bonchev–Trinajstić information content (AvgIpc) is 2.72. The molecule has 2 N–H and O–H groups in total. The van der Waals surface area contributed by atoms with Gasteiger partial charge in [0, 0.05) is 13.0 Å². The fourth-order valence-corrected chi connectivity index (χ4v) is 3.19. The van der Waals surface area contributed by atoms with E-state index < -0.39 is 0 Å². The maximum absolute atomic E-state index is 11.9. The number of benzene rings is 1. The van der Waals surface area contributed by atoms with Gasteiger partial charge in [0.05, 0.1) is 0 Å². The van der Waals surface area contributed by atoms with Gasteiger partial charge >= 0.3 is 0 Å². The normalized spacial score (nSPS) is 11.5. The van der Waals surface area contributed by atoms with E-state index in [1.807, 2.05) is 12.1 Å². The molecule has 0 atom stereocenters. The number of allylic oxidation sites excluding steroid dienone is 4. The molecule has 0 aliphatic rings. The first-order valence-electron chi connectivity index (χ1n) is 11.6. The monoisotopic (exact) mass is 399 g/mol. The summed E-state index contributed by atoms with van der Waals surface area (Å²) < 4.78 is 0. The molecule has 0 saturated carbocycles. The van der Waals surface area contributed by atoms with Gasteiger partial charge in [-0.3, -0.25) is 4.79 Å². The molecule has 29 heavy (non-hydrogen) atoms. The van der Waals surface area contributed by atoms with Gasteiger partial charge in [-0.25, -0.2) is 0 Å². The van der Waals surface area contributed by atoms with Gasteiger partial charge in [0.1, 0.15) is 5.75 Å². The standard InChI is InChI=1S/C26H41NO2/c1-2-3-4-5-6-7-8-9-10-11-12-13-14-15-16-17-26(29)27-23-22-24-18-20-25(28)21-19-24/h6-7,9-10,18-21,28H,2-5,8,11-17,22-23H2,1H3,(H,27,29). The van der Waals surface area contributed by atoms with Crippen molar-refractivity contribution in [3.05, 3.63) is 54.1 Å². The molecular weight excluding hydrogens is 358 g/mol. The van der Waals surface area contributed by atoms with Crippen molar-refractivity contribution in [3.8, 4) is 5.75 Å². The Morgan fingerprint density at radius 3 is 2.17 bits per heavy atom. The lowest BCUT2D eigenvalue weighted by atomic mass is 10.1. The van der Waals surface area contributed by atoms with Crippen molar-refractivity contribution in [2.45, 2.75) is 90.4 Å². The molecule has 0 aliphatic heterocycles. The van der Waals surface area contributed by atoms with Crippen molar-refractivity contribution in [2.75, 3.05) is 6.54 Å². The van der Waals surface area contributed by atoms with Gasteiger partial charge in [0.2, 0.25) is 5.91 Å². The van der Waals surface area contributed by atoms with Gasteiger partial charge in [-0.2, -0.15) is 0 Å². The first kappa shape index (κ1) is 25.0. The van der Waals surface area contributed by atoms with Crippen LogP contribution in [0.15, 0.2) is 48.6 Å². The fraction of sp³-hybridized carbons (Fsp3) is 0.577. The first-order chi connectivity index (χ1) is 14.2. The molecule has 1 rings (SSSR count). The molecule has 3 nitrogen and oxygen atoms in total. The zero-order valence-corrected chi connectivity index (χ0v) is 18.4. The number of nitrogens with one attached hydrogen (secondary N) is 1. The molecule has 3 heteroatoms. The van der Waals surface area contributed by atoms with Crippen LogP contribution in [0.1, 0.15) is 89.5 Å². The summed E-state index contributed by atoms with van der Waals surface area (Å²) in [6.07, 6.45) is 23.8. The van der Waals surface area contributed by atoms with Crippen LogP contribution in [0.25, 0.3) is 0 Å². The van der Waals surface area contributed by atoms with E-state index in [-0.39, 0.29) is 11.7 Å². The van der Waals surface area contributed by atoms with E-state index in [1.54, 1.807) is 12.1 Å². The SMILES string of the molecule is CCCCCC=CCC=CCCCCCCCC(=O)NCCc1ccc(O)cc1. The van der Waals surface area contributed by atoms with Crippen molar-refractivity contribution in [1.82, 2.24) is 5.32 Å². The lowest BCUT2D eigenvalue weighted by Crippen LogP contribution is -2.25. The average molecular weight is 400 g/mol. The molecule has 0 unspecified atom stereocenters. The highest BCUT2D eigenvalue weighted by Crippen LogP contribution is 2.10. The summed E-state index contributed by atoms with van der Waals surface area (Å²) in [5.74, 6) is 0.425. The van der Waals surface area contributed by atoms with E-state index in [0.717, 1.165) is 31.2 Å². The Morgan fingerprint density at radius 1 is 0.862 bits per heavy atom. The van der Waals surface area contributed by atoms with E-state index in [1.165, 1.54) is 51.4 Å². The summed E-state index contributed by atoms with van der Waals surface area (Å²) >= 11 is 0. The van der Waals surface area contributed by atoms with E-state index in [9.17, 15) is 9.90 Å². The number of hydrogen-bond donors (Lipinski definition) is 2. The number of unbranched alkanes of at least 4 members (excludes halogenated alkanes) is 8. The molecule has 0 heterocycles. The van der Waals surface area contributed by atoms with Crippen LogP contribution in [-0.2, 0) is 11.2 Å². The van der Waals surface area contributed by atoms with Crippen LogP contribution < -0.4 is 5.32 Å². The van der Waals surface area contributed by atoms with Crippen molar-refractivity contribution >= 4 is 5.91 Å². The van der Waals surface area contributed by atoms with Crippen molar-refractivity contribution in [3.63, 3.8) is 0 Å². The topological polar surface area (TPSA) is 49.3 Å². The van der Waals surface area contributed by atoms with Crippen LogP contribution in [0.3, 0.4) is 0 Å². The molecule has 1 amide bonds. The quantitative estimate of drug-likeness (QED) is 0.222. The number of phenolic OH excluding ortho intramolecular Hbond substituents is 1. The Labute approximate surface area is 178 Å². The number of amides is 1. The van der Waals surface area contributed by atoms with E-state index in [0.29, 0.717) is 13.0 Å². The van der Waals surface area contributed by atoms with Gasteiger partial charge in [-0.15, -0.1) is 0 Å². The fourth-order valence-electron chi connectivity index (χ4n) is 3.19. The van der Waals surface area contributed by atoms with E-state index in [2.05, 4.69) is 36.5 Å². The van der Waals surface area contributed by atoms with Gasteiger partial charge in [0.25, 0.3) is 0 Å². The second-order valence-electron chi connectivity index (χ2n) is 7.75. The summed E-state index contributed by atoms with van der Waals surface area (Å²) in [6, 6.07) is 7.14. The minimum absolute atomic E-state index is 0.148. The Kier molecular flexibility index (Phi) is 15.5. The van der Waals surface area contributed by atoms with Gasteiger partial charge < -0.3 is 10.4 Å². The molecule has 0 radical (unpaired) electrons. The van der Waals surface area contributed by atoms with Crippen molar-refractivity contribution < 1.29 is 9.90 Å². The lowest BCUT2D eigenvalue weighted by molar-refractivity contribution is -0.121. The maximum atomic E-state index is 11.9. The molecule has 0 aromatic heterocycles. The van der Waals surface area contributed by atoms with Gasteiger partial charge in [0.15, 0.2) is 0 Å². The minimum Gasteiger partial charge on any atom is -0.508 e. The molecule has 0 aliphatic carbocycles. The van der Waals surface area contributed by atoms with Crippen molar-refractivity contribution in [2.24, 2.45) is 0 Å². The number of aromatic hydroxyl groups is 1. The summed E-state index contributed by atoms with van der Waals surface area (Å²) in [6.45, 7) is 2.90. The van der Waals surface area contributed by atoms with E-state index in [4.69, 9.17) is 0 Å². The summed E-state index contributed by atoms with van der Waals surface area (Å²) in [4.78, 5) is 11.9. The Hall–Kier alpha value is -2.03. The molecule has 0 spiro atoms. The second-order valence-corrected chi connectivity index (χ2v) is 7.75. The third-order valence-electron chi connectivity index (χ3n) is 5.03. The second kappa shape index (κ2) is 18.0. The molecule has 0 bridgehead atoms. The highest BCUT2D eigenvalue weighted by molar-refractivity contribution is 5.75. The first-order valence-corrected chi connectivity index (χ1v) is 11.6. The highest BCUT2D eigenvalue weighted by Gasteiger charge is 2.01. The van der Waals surface area contributed by atoms with E-state index >= 15 is 0 Å². The number of carbonyl (C=O) groups is 1. The number of rotatable bonds is 17. The predicted molar refractivity (Wildman–Crippen MR) is 124 cm³/mol. The number of phenols is 1. The molecular formula is C26H41NO2. The van der Waals surface area contributed by atoms with Crippen LogP contribution in [-0.4, -0.2) is 17.6 Å². The van der Waals surface area contributed by atoms with Crippen LogP contribution in [0.4, 0.5) is 0 Å². The van der Waals surface area contributed by atoms with Crippen LogP contribution in [0.5, 0.6) is 5.75 Å². The lowest BCUT2D eigenvalue weighted by Gasteiger charge is -2.06. The summed E-state index contributed by atoms with van der Waals surface area (Å²) in [5, 5.41) is 12.2. The molecule has 0 fully saturated rings. The number of hydrogen-bond acceptors (Lipinski definition) is 2. The number of carbonyl (C=O) groups excluding carboxylic acids is 1. The van der Waals surface area contributed by atoms with Gasteiger partial charge in [-0.05, 0) is 62.6 Å². The zero-order chi connectivity index (χ0) is 21.0. The Balaban J connectivity index is 1.86. The molecule has 0 saturated heterocycles.